The van der Waals surface area contributed by atoms with Gasteiger partial charge in [-0.05, 0) is 19.4 Å². The van der Waals surface area contributed by atoms with Crippen molar-refractivity contribution in [1.82, 2.24) is 4.98 Å². The van der Waals surface area contributed by atoms with Gasteiger partial charge < -0.3 is 10.5 Å². The summed E-state index contributed by atoms with van der Waals surface area (Å²) >= 11 is 0. The lowest BCUT2D eigenvalue weighted by Gasteiger charge is -2.10. The van der Waals surface area contributed by atoms with Crippen molar-refractivity contribution in [3.8, 4) is 5.88 Å². The van der Waals surface area contributed by atoms with Crippen molar-refractivity contribution in [1.29, 1.82) is 0 Å². The van der Waals surface area contributed by atoms with Crippen LogP contribution in [0.4, 0.5) is 0 Å². The molecule has 0 aliphatic carbocycles. The molecule has 0 bridgehead atoms. The minimum absolute atomic E-state index is 0.208. The summed E-state index contributed by atoms with van der Waals surface area (Å²) in [5.74, 6) is 0.693. The van der Waals surface area contributed by atoms with Crippen molar-refractivity contribution in [2.45, 2.75) is 39.2 Å². The zero-order valence-corrected chi connectivity index (χ0v) is 9.57. The van der Waals surface area contributed by atoms with Crippen molar-refractivity contribution in [2.75, 3.05) is 6.61 Å². The van der Waals surface area contributed by atoms with E-state index in [1.807, 2.05) is 25.1 Å². The SMILES string of the molecule is CCCC(N)Cc1cccc(OCC)n1. The molecule has 0 radical (unpaired) electrons. The van der Waals surface area contributed by atoms with E-state index >= 15 is 0 Å². The number of hydrogen-bond donors (Lipinski definition) is 1. The Hall–Kier alpha value is -1.09. The molecule has 1 unspecified atom stereocenters. The van der Waals surface area contributed by atoms with E-state index in [9.17, 15) is 0 Å². The molecule has 0 saturated heterocycles. The van der Waals surface area contributed by atoms with Gasteiger partial charge in [0.1, 0.15) is 0 Å². The molecule has 0 amide bonds. The van der Waals surface area contributed by atoms with E-state index in [-0.39, 0.29) is 6.04 Å². The molecule has 2 N–H and O–H groups in total. The molecule has 1 aromatic rings. The van der Waals surface area contributed by atoms with E-state index in [0.29, 0.717) is 12.5 Å². The summed E-state index contributed by atoms with van der Waals surface area (Å²) in [5, 5.41) is 0. The van der Waals surface area contributed by atoms with Gasteiger partial charge in [0.2, 0.25) is 5.88 Å². The van der Waals surface area contributed by atoms with E-state index in [1.165, 1.54) is 0 Å². The molecule has 3 heteroatoms. The van der Waals surface area contributed by atoms with Gasteiger partial charge in [-0.3, -0.25) is 0 Å². The number of nitrogens with two attached hydrogens (primary N) is 1. The molecule has 0 fully saturated rings. The summed E-state index contributed by atoms with van der Waals surface area (Å²) in [4.78, 5) is 4.38. The maximum absolute atomic E-state index is 5.96. The van der Waals surface area contributed by atoms with Crippen LogP contribution in [-0.4, -0.2) is 17.6 Å². The van der Waals surface area contributed by atoms with Gasteiger partial charge in [-0.1, -0.05) is 19.4 Å². The Morgan fingerprint density at radius 2 is 2.20 bits per heavy atom. The normalized spacial score (nSPS) is 12.5. The molecule has 15 heavy (non-hydrogen) atoms. The molecule has 0 aliphatic rings. The summed E-state index contributed by atoms with van der Waals surface area (Å²) in [5.41, 5.74) is 6.98. The first-order chi connectivity index (χ1) is 7.26. The number of aromatic nitrogens is 1. The topological polar surface area (TPSA) is 48.1 Å². The molecule has 1 aromatic heterocycles. The van der Waals surface area contributed by atoms with Crippen LogP contribution >= 0.6 is 0 Å². The molecule has 84 valence electrons. The van der Waals surface area contributed by atoms with Crippen LogP contribution in [0.5, 0.6) is 5.88 Å². The predicted octanol–water partition coefficient (Wildman–Crippen LogP) is 2.15. The van der Waals surface area contributed by atoms with Gasteiger partial charge in [-0.2, -0.15) is 0 Å². The maximum atomic E-state index is 5.96. The Labute approximate surface area is 91.7 Å². The Morgan fingerprint density at radius 3 is 2.87 bits per heavy atom. The smallest absolute Gasteiger partial charge is 0.213 e. The second-order valence-electron chi connectivity index (χ2n) is 3.65. The fraction of sp³-hybridized carbons (Fsp3) is 0.583. The zero-order valence-electron chi connectivity index (χ0n) is 9.57. The van der Waals surface area contributed by atoms with E-state index in [4.69, 9.17) is 10.5 Å². The first-order valence-corrected chi connectivity index (χ1v) is 5.60. The molecular formula is C12H20N2O. The molecule has 1 rings (SSSR count). The Bertz CT molecular complexity index is 289. The highest BCUT2D eigenvalue weighted by Crippen LogP contribution is 2.10. The lowest BCUT2D eigenvalue weighted by atomic mass is 10.1. The molecule has 3 nitrogen and oxygen atoms in total. The van der Waals surface area contributed by atoms with E-state index in [0.717, 1.165) is 25.0 Å². The fourth-order valence-electron chi connectivity index (χ4n) is 1.54. The van der Waals surface area contributed by atoms with Gasteiger partial charge in [0, 0.05) is 24.2 Å². The fourth-order valence-corrected chi connectivity index (χ4v) is 1.54. The average Bonchev–Trinajstić information content (AvgIpc) is 2.19. The van der Waals surface area contributed by atoms with Crippen molar-refractivity contribution in [3.63, 3.8) is 0 Å². The van der Waals surface area contributed by atoms with Gasteiger partial charge in [-0.25, -0.2) is 4.98 Å². The van der Waals surface area contributed by atoms with Crippen LogP contribution in [0.15, 0.2) is 18.2 Å². The van der Waals surface area contributed by atoms with Crippen LogP contribution in [0.1, 0.15) is 32.4 Å². The predicted molar refractivity (Wildman–Crippen MR) is 62.0 cm³/mol. The van der Waals surface area contributed by atoms with Crippen molar-refractivity contribution in [3.05, 3.63) is 23.9 Å². The van der Waals surface area contributed by atoms with Gasteiger partial charge in [0.15, 0.2) is 0 Å². The summed E-state index contributed by atoms with van der Waals surface area (Å²) in [6.07, 6.45) is 2.99. The number of pyridine rings is 1. The van der Waals surface area contributed by atoms with Crippen molar-refractivity contribution >= 4 is 0 Å². The highest BCUT2D eigenvalue weighted by atomic mass is 16.5. The molecule has 0 saturated carbocycles. The summed E-state index contributed by atoms with van der Waals surface area (Å²) in [6, 6.07) is 6.04. The summed E-state index contributed by atoms with van der Waals surface area (Å²) in [7, 11) is 0. The minimum atomic E-state index is 0.208. The second-order valence-corrected chi connectivity index (χ2v) is 3.65. The Balaban J connectivity index is 2.56. The summed E-state index contributed by atoms with van der Waals surface area (Å²) in [6.45, 7) is 4.75. The Kier molecular flexibility index (Phi) is 5.12. The average molecular weight is 208 g/mol. The third-order valence-corrected chi connectivity index (χ3v) is 2.20. The maximum Gasteiger partial charge on any atom is 0.213 e. The van der Waals surface area contributed by atoms with Crippen LogP contribution in [-0.2, 0) is 6.42 Å². The van der Waals surface area contributed by atoms with Gasteiger partial charge in [0.05, 0.1) is 6.61 Å². The lowest BCUT2D eigenvalue weighted by Crippen LogP contribution is -2.22. The molecular weight excluding hydrogens is 188 g/mol. The standard InChI is InChI=1S/C12H20N2O/c1-3-6-10(13)9-11-7-5-8-12(14-11)15-4-2/h5,7-8,10H,3-4,6,9,13H2,1-2H3. The number of rotatable bonds is 6. The number of nitrogens with zero attached hydrogens (tertiary/aromatic N) is 1. The molecule has 1 heterocycles. The van der Waals surface area contributed by atoms with Crippen LogP contribution in [0.2, 0.25) is 0 Å². The minimum Gasteiger partial charge on any atom is -0.478 e. The molecule has 1 atom stereocenters. The lowest BCUT2D eigenvalue weighted by molar-refractivity contribution is 0.325. The van der Waals surface area contributed by atoms with E-state index in [1.54, 1.807) is 0 Å². The van der Waals surface area contributed by atoms with E-state index in [2.05, 4.69) is 11.9 Å². The van der Waals surface area contributed by atoms with Gasteiger partial charge in [-0.15, -0.1) is 0 Å². The highest BCUT2D eigenvalue weighted by molar-refractivity contribution is 5.16. The van der Waals surface area contributed by atoms with Crippen molar-refractivity contribution < 1.29 is 4.74 Å². The van der Waals surface area contributed by atoms with Crippen LogP contribution in [0.3, 0.4) is 0 Å². The largest absolute Gasteiger partial charge is 0.478 e. The Morgan fingerprint density at radius 1 is 1.40 bits per heavy atom. The van der Waals surface area contributed by atoms with Gasteiger partial charge in [0.25, 0.3) is 0 Å². The highest BCUT2D eigenvalue weighted by Gasteiger charge is 2.04. The third-order valence-electron chi connectivity index (χ3n) is 2.20. The van der Waals surface area contributed by atoms with E-state index < -0.39 is 0 Å². The van der Waals surface area contributed by atoms with Crippen LogP contribution in [0.25, 0.3) is 0 Å². The van der Waals surface area contributed by atoms with Crippen LogP contribution < -0.4 is 10.5 Å². The quantitative estimate of drug-likeness (QED) is 0.779. The first kappa shape index (κ1) is 12.0. The van der Waals surface area contributed by atoms with Crippen molar-refractivity contribution in [2.24, 2.45) is 5.73 Å². The second kappa shape index (κ2) is 6.40. The molecule has 0 aromatic carbocycles. The number of hydrogen-bond acceptors (Lipinski definition) is 3. The number of ether oxygens (including phenoxy) is 1. The molecule has 0 aliphatic heterocycles. The molecule has 0 spiro atoms. The third kappa shape index (κ3) is 4.30. The van der Waals surface area contributed by atoms with Gasteiger partial charge >= 0.3 is 0 Å². The zero-order chi connectivity index (χ0) is 11.1. The van der Waals surface area contributed by atoms with Crippen LogP contribution in [0, 0.1) is 0 Å². The first-order valence-electron chi connectivity index (χ1n) is 5.60. The summed E-state index contributed by atoms with van der Waals surface area (Å²) < 4.78 is 5.34. The monoisotopic (exact) mass is 208 g/mol.